The van der Waals surface area contributed by atoms with Crippen LogP contribution in [-0.4, -0.2) is 12.6 Å². The molecule has 1 atom stereocenters. The van der Waals surface area contributed by atoms with Crippen LogP contribution in [-0.2, 0) is 6.42 Å². The summed E-state index contributed by atoms with van der Waals surface area (Å²) < 4.78 is 6.35. The molecule has 0 heterocycles. The van der Waals surface area contributed by atoms with Crippen LogP contribution in [0.3, 0.4) is 0 Å². The second kappa shape index (κ2) is 6.17. The molecule has 0 aromatic heterocycles. The van der Waals surface area contributed by atoms with Gasteiger partial charge in [0.05, 0.1) is 6.10 Å². The Morgan fingerprint density at radius 1 is 1.15 bits per heavy atom. The molecule has 3 rings (SSSR count). The summed E-state index contributed by atoms with van der Waals surface area (Å²) in [6, 6.07) is 7.14. The Bertz CT molecular complexity index is 449. The molecular formula is C18H27NO. The molecule has 0 spiro atoms. The number of hydrogen-bond donors (Lipinski definition) is 1. The molecule has 1 N–H and O–H groups in total. The third kappa shape index (κ3) is 2.85. The summed E-state index contributed by atoms with van der Waals surface area (Å²) in [6.07, 6.45) is 7.90. The second-order valence-electron chi connectivity index (χ2n) is 6.47. The average Bonchev–Trinajstić information content (AvgIpc) is 2.86. The SMILES string of the molecule is CCNC1CCc2c(OC3CCC(C)CC3)cccc21. The molecule has 1 aromatic carbocycles. The third-order valence-corrected chi connectivity index (χ3v) is 4.93. The smallest absolute Gasteiger partial charge is 0.123 e. The molecule has 1 fully saturated rings. The zero-order valence-electron chi connectivity index (χ0n) is 12.8. The van der Waals surface area contributed by atoms with Gasteiger partial charge in [-0.3, -0.25) is 0 Å². The van der Waals surface area contributed by atoms with E-state index < -0.39 is 0 Å². The third-order valence-electron chi connectivity index (χ3n) is 4.93. The fourth-order valence-corrected chi connectivity index (χ4v) is 3.72. The second-order valence-corrected chi connectivity index (χ2v) is 6.47. The first-order valence-electron chi connectivity index (χ1n) is 8.29. The molecule has 1 aromatic rings. The highest BCUT2D eigenvalue weighted by atomic mass is 16.5. The lowest BCUT2D eigenvalue weighted by atomic mass is 9.89. The van der Waals surface area contributed by atoms with E-state index >= 15 is 0 Å². The molecular weight excluding hydrogens is 246 g/mol. The van der Waals surface area contributed by atoms with Crippen molar-refractivity contribution in [3.05, 3.63) is 29.3 Å². The van der Waals surface area contributed by atoms with E-state index in [9.17, 15) is 0 Å². The Labute approximate surface area is 122 Å². The summed E-state index contributed by atoms with van der Waals surface area (Å²) in [4.78, 5) is 0. The van der Waals surface area contributed by atoms with Gasteiger partial charge < -0.3 is 10.1 Å². The number of hydrogen-bond acceptors (Lipinski definition) is 2. The van der Waals surface area contributed by atoms with Crippen molar-refractivity contribution >= 4 is 0 Å². The molecule has 2 aliphatic carbocycles. The van der Waals surface area contributed by atoms with E-state index in [1.165, 1.54) is 43.2 Å². The van der Waals surface area contributed by atoms with Crippen molar-refractivity contribution in [1.29, 1.82) is 0 Å². The zero-order valence-corrected chi connectivity index (χ0v) is 12.8. The monoisotopic (exact) mass is 273 g/mol. The van der Waals surface area contributed by atoms with Crippen LogP contribution in [0.15, 0.2) is 18.2 Å². The van der Waals surface area contributed by atoms with Crippen molar-refractivity contribution in [1.82, 2.24) is 5.32 Å². The Morgan fingerprint density at radius 2 is 1.95 bits per heavy atom. The molecule has 1 saturated carbocycles. The number of nitrogens with one attached hydrogen (secondary N) is 1. The Hall–Kier alpha value is -1.02. The van der Waals surface area contributed by atoms with E-state index in [2.05, 4.69) is 37.4 Å². The van der Waals surface area contributed by atoms with Crippen LogP contribution < -0.4 is 10.1 Å². The normalized spacial score (nSPS) is 29.2. The Kier molecular flexibility index (Phi) is 4.30. The quantitative estimate of drug-likeness (QED) is 0.886. The molecule has 0 bridgehead atoms. The Morgan fingerprint density at radius 3 is 2.70 bits per heavy atom. The molecule has 1 unspecified atom stereocenters. The summed E-state index contributed by atoms with van der Waals surface area (Å²) in [7, 11) is 0. The maximum Gasteiger partial charge on any atom is 0.123 e. The van der Waals surface area contributed by atoms with Gasteiger partial charge in [-0.15, -0.1) is 0 Å². The van der Waals surface area contributed by atoms with Crippen molar-refractivity contribution in [3.8, 4) is 5.75 Å². The van der Waals surface area contributed by atoms with Crippen molar-refractivity contribution in [2.75, 3.05) is 6.54 Å². The molecule has 2 aliphatic rings. The number of benzene rings is 1. The van der Waals surface area contributed by atoms with Gasteiger partial charge in [0.15, 0.2) is 0 Å². The first-order valence-corrected chi connectivity index (χ1v) is 8.29. The summed E-state index contributed by atoms with van der Waals surface area (Å²) >= 11 is 0. The first kappa shape index (κ1) is 13.9. The van der Waals surface area contributed by atoms with Crippen molar-refractivity contribution in [2.45, 2.75) is 64.5 Å². The highest BCUT2D eigenvalue weighted by molar-refractivity contribution is 5.45. The number of rotatable bonds is 4. The van der Waals surface area contributed by atoms with Gasteiger partial charge in [-0.1, -0.05) is 26.0 Å². The first-order chi connectivity index (χ1) is 9.78. The van der Waals surface area contributed by atoms with Crippen LogP contribution in [0.2, 0.25) is 0 Å². The number of fused-ring (bicyclic) bond motifs is 1. The van der Waals surface area contributed by atoms with E-state index in [1.807, 2.05) is 0 Å². The summed E-state index contributed by atoms with van der Waals surface area (Å²) in [5.41, 5.74) is 2.92. The van der Waals surface area contributed by atoms with Gasteiger partial charge >= 0.3 is 0 Å². The highest BCUT2D eigenvalue weighted by Crippen LogP contribution is 2.38. The summed E-state index contributed by atoms with van der Waals surface area (Å²) in [5, 5.41) is 3.58. The van der Waals surface area contributed by atoms with Gasteiger partial charge in [-0.05, 0) is 68.2 Å². The zero-order chi connectivity index (χ0) is 13.9. The predicted octanol–water partition coefficient (Wildman–Crippen LogP) is 4.24. The van der Waals surface area contributed by atoms with Gasteiger partial charge in [0.1, 0.15) is 5.75 Å². The fraction of sp³-hybridized carbons (Fsp3) is 0.667. The van der Waals surface area contributed by atoms with E-state index in [1.54, 1.807) is 0 Å². The lowest BCUT2D eigenvalue weighted by Gasteiger charge is -2.27. The molecule has 110 valence electrons. The van der Waals surface area contributed by atoms with E-state index in [0.717, 1.165) is 24.6 Å². The molecule has 2 nitrogen and oxygen atoms in total. The topological polar surface area (TPSA) is 21.3 Å². The number of ether oxygens (including phenoxy) is 1. The average molecular weight is 273 g/mol. The fourth-order valence-electron chi connectivity index (χ4n) is 3.72. The molecule has 0 aliphatic heterocycles. The molecule has 0 saturated heterocycles. The van der Waals surface area contributed by atoms with Crippen LogP contribution in [0.1, 0.15) is 63.1 Å². The minimum Gasteiger partial charge on any atom is -0.490 e. The van der Waals surface area contributed by atoms with Gasteiger partial charge in [0, 0.05) is 6.04 Å². The van der Waals surface area contributed by atoms with Crippen molar-refractivity contribution in [2.24, 2.45) is 5.92 Å². The lowest BCUT2D eigenvalue weighted by molar-refractivity contribution is 0.134. The minimum absolute atomic E-state index is 0.441. The van der Waals surface area contributed by atoms with Crippen LogP contribution >= 0.6 is 0 Å². The van der Waals surface area contributed by atoms with E-state index in [-0.39, 0.29) is 0 Å². The summed E-state index contributed by atoms with van der Waals surface area (Å²) in [5.74, 6) is 2.04. The van der Waals surface area contributed by atoms with Gasteiger partial charge in [-0.25, -0.2) is 0 Å². The van der Waals surface area contributed by atoms with Crippen LogP contribution in [0.25, 0.3) is 0 Å². The summed E-state index contributed by atoms with van der Waals surface area (Å²) in [6.45, 7) is 5.58. The standard InChI is InChI=1S/C18H27NO/c1-3-19-17-12-11-16-15(17)5-4-6-18(16)20-14-9-7-13(2)8-10-14/h4-6,13-14,17,19H,3,7-12H2,1-2H3. The molecule has 0 amide bonds. The predicted molar refractivity (Wildman–Crippen MR) is 83.2 cm³/mol. The molecule has 20 heavy (non-hydrogen) atoms. The lowest BCUT2D eigenvalue weighted by Crippen LogP contribution is -2.23. The highest BCUT2D eigenvalue weighted by Gasteiger charge is 2.26. The van der Waals surface area contributed by atoms with Gasteiger partial charge in [0.2, 0.25) is 0 Å². The van der Waals surface area contributed by atoms with Gasteiger partial charge in [-0.2, -0.15) is 0 Å². The van der Waals surface area contributed by atoms with E-state index in [4.69, 9.17) is 4.74 Å². The van der Waals surface area contributed by atoms with Crippen LogP contribution in [0.4, 0.5) is 0 Å². The molecule has 0 radical (unpaired) electrons. The Balaban J connectivity index is 1.72. The maximum absolute atomic E-state index is 6.35. The van der Waals surface area contributed by atoms with Crippen LogP contribution in [0, 0.1) is 5.92 Å². The van der Waals surface area contributed by atoms with Crippen LogP contribution in [0.5, 0.6) is 5.75 Å². The molecule has 2 heteroatoms. The van der Waals surface area contributed by atoms with E-state index in [0.29, 0.717) is 12.1 Å². The largest absolute Gasteiger partial charge is 0.490 e. The minimum atomic E-state index is 0.441. The van der Waals surface area contributed by atoms with Gasteiger partial charge in [0.25, 0.3) is 0 Å². The maximum atomic E-state index is 6.35. The van der Waals surface area contributed by atoms with Crippen molar-refractivity contribution in [3.63, 3.8) is 0 Å². The van der Waals surface area contributed by atoms with Crippen molar-refractivity contribution < 1.29 is 4.74 Å².